The Morgan fingerprint density at radius 3 is 2.17 bits per heavy atom. The minimum atomic E-state index is -5.59. The van der Waals surface area contributed by atoms with Crippen LogP contribution in [0.25, 0.3) is 0 Å². The molecular weight excluding hydrogens is 201 g/mol. The molecule has 0 heterocycles. The maximum atomic E-state index is 11.5. The molecule has 8 heteroatoms. The van der Waals surface area contributed by atoms with Crippen molar-refractivity contribution in [2.75, 3.05) is 6.61 Å². The lowest BCUT2D eigenvalue weighted by molar-refractivity contribution is -0.214. The highest BCUT2D eigenvalue weighted by Gasteiger charge is 2.48. The van der Waals surface area contributed by atoms with Gasteiger partial charge in [0.05, 0.1) is 6.61 Å². The first kappa shape index (κ1) is 11.7. The van der Waals surface area contributed by atoms with Crippen molar-refractivity contribution in [2.24, 2.45) is 0 Å². The SMILES string of the molecule is CCCOOS(=O)(=O)C(F)(F)F. The summed E-state index contributed by atoms with van der Waals surface area (Å²) in [5.41, 5.74) is -5.43. The van der Waals surface area contributed by atoms with E-state index in [0.717, 1.165) is 0 Å². The highest BCUT2D eigenvalue weighted by atomic mass is 32.2. The van der Waals surface area contributed by atoms with Crippen molar-refractivity contribution in [3.63, 3.8) is 0 Å². The predicted octanol–water partition coefficient (Wildman–Crippen LogP) is 1.19. The Balaban J connectivity index is 4.08. The largest absolute Gasteiger partial charge is 0.525 e. The van der Waals surface area contributed by atoms with Gasteiger partial charge < -0.3 is 0 Å². The number of halogens is 3. The first-order chi connectivity index (χ1) is 5.31. The van der Waals surface area contributed by atoms with Gasteiger partial charge in [-0.25, -0.2) is 4.89 Å². The van der Waals surface area contributed by atoms with E-state index in [-0.39, 0.29) is 6.61 Å². The summed E-state index contributed by atoms with van der Waals surface area (Å²) in [7, 11) is -5.59. The molecule has 0 saturated heterocycles. The van der Waals surface area contributed by atoms with Gasteiger partial charge in [0.2, 0.25) is 0 Å². The van der Waals surface area contributed by atoms with Gasteiger partial charge in [0, 0.05) is 0 Å². The minimum absolute atomic E-state index is 0.213. The molecule has 0 rings (SSSR count). The molecule has 4 nitrogen and oxygen atoms in total. The Kier molecular flexibility index (Phi) is 3.94. The molecule has 0 saturated carbocycles. The summed E-state index contributed by atoms with van der Waals surface area (Å²) in [5, 5.41) is 0. The summed E-state index contributed by atoms with van der Waals surface area (Å²) in [6.07, 6.45) is 0.355. The molecule has 0 fully saturated rings. The molecule has 0 aliphatic rings. The summed E-state index contributed by atoms with van der Waals surface area (Å²) < 4.78 is 57.7. The molecule has 0 aliphatic carbocycles. The first-order valence-electron chi connectivity index (χ1n) is 2.93. The van der Waals surface area contributed by atoms with Crippen LogP contribution in [0.5, 0.6) is 0 Å². The van der Waals surface area contributed by atoms with Gasteiger partial charge in [0.25, 0.3) is 0 Å². The quantitative estimate of drug-likeness (QED) is 0.301. The average molecular weight is 208 g/mol. The van der Waals surface area contributed by atoms with Gasteiger partial charge in [-0.1, -0.05) is 11.3 Å². The van der Waals surface area contributed by atoms with Gasteiger partial charge >= 0.3 is 15.6 Å². The van der Waals surface area contributed by atoms with Crippen molar-refractivity contribution in [3.05, 3.63) is 0 Å². The third-order valence-corrected chi connectivity index (χ3v) is 1.55. The van der Waals surface area contributed by atoms with Gasteiger partial charge in [-0.15, -0.1) is 0 Å². The summed E-state index contributed by atoms with van der Waals surface area (Å²) in [6, 6.07) is 0. The van der Waals surface area contributed by atoms with Crippen LogP contribution in [0.15, 0.2) is 0 Å². The maximum absolute atomic E-state index is 11.5. The molecule has 0 unspecified atom stereocenters. The predicted molar refractivity (Wildman–Crippen MR) is 32.3 cm³/mol. The van der Waals surface area contributed by atoms with Crippen LogP contribution in [0.1, 0.15) is 13.3 Å². The van der Waals surface area contributed by atoms with Crippen LogP contribution >= 0.6 is 0 Å². The monoisotopic (exact) mass is 208 g/mol. The minimum Gasteiger partial charge on any atom is -0.220 e. The number of hydrogen-bond acceptors (Lipinski definition) is 4. The van der Waals surface area contributed by atoms with E-state index in [1.54, 1.807) is 6.92 Å². The molecule has 0 aliphatic heterocycles. The number of rotatable bonds is 4. The van der Waals surface area contributed by atoms with E-state index in [2.05, 4.69) is 9.22 Å². The highest BCUT2D eigenvalue weighted by molar-refractivity contribution is 7.87. The molecule has 12 heavy (non-hydrogen) atoms. The summed E-state index contributed by atoms with van der Waals surface area (Å²) in [4.78, 5) is 3.77. The van der Waals surface area contributed by atoms with Gasteiger partial charge in [-0.05, 0) is 6.42 Å². The zero-order valence-corrected chi connectivity index (χ0v) is 6.91. The second kappa shape index (κ2) is 4.06. The molecule has 74 valence electrons. The van der Waals surface area contributed by atoms with Gasteiger partial charge in [-0.3, -0.25) is 0 Å². The standard InChI is InChI=1S/C4H7F3O4S/c1-2-3-10-11-12(8,9)4(5,6)7/h2-3H2,1H3. The summed E-state index contributed by atoms with van der Waals surface area (Å²) in [5.74, 6) is 0. The van der Waals surface area contributed by atoms with E-state index in [4.69, 9.17) is 0 Å². The van der Waals surface area contributed by atoms with Crippen LogP contribution in [0.3, 0.4) is 0 Å². The van der Waals surface area contributed by atoms with Crippen LogP contribution in [-0.2, 0) is 19.3 Å². The summed E-state index contributed by atoms with van der Waals surface area (Å²) in [6.45, 7) is 1.37. The van der Waals surface area contributed by atoms with E-state index in [1.807, 2.05) is 0 Å². The fourth-order valence-corrected chi connectivity index (χ4v) is 0.491. The van der Waals surface area contributed by atoms with Crippen LogP contribution in [0.4, 0.5) is 13.2 Å². The van der Waals surface area contributed by atoms with E-state index < -0.39 is 15.6 Å². The van der Waals surface area contributed by atoms with Crippen molar-refractivity contribution in [1.29, 1.82) is 0 Å². The Labute approximate surface area is 67.3 Å². The second-order valence-corrected chi connectivity index (χ2v) is 3.30. The second-order valence-electron chi connectivity index (χ2n) is 1.79. The van der Waals surface area contributed by atoms with Gasteiger partial charge in [0.1, 0.15) is 0 Å². The lowest BCUT2D eigenvalue weighted by Crippen LogP contribution is -2.25. The fourth-order valence-electron chi connectivity index (χ4n) is 0.219. The first-order valence-corrected chi connectivity index (χ1v) is 4.34. The van der Waals surface area contributed by atoms with Crippen LogP contribution in [0, 0.1) is 0 Å². The fraction of sp³-hybridized carbons (Fsp3) is 1.00. The Morgan fingerprint density at radius 2 is 1.83 bits per heavy atom. The zero-order chi connectivity index (χ0) is 9.83. The lowest BCUT2D eigenvalue weighted by Gasteiger charge is -2.05. The van der Waals surface area contributed by atoms with Crippen LogP contribution in [0.2, 0.25) is 0 Å². The van der Waals surface area contributed by atoms with Gasteiger partial charge in [-0.2, -0.15) is 21.6 Å². The smallest absolute Gasteiger partial charge is 0.220 e. The number of alkyl halides is 3. The Bertz CT molecular complexity index is 219. The van der Waals surface area contributed by atoms with E-state index >= 15 is 0 Å². The lowest BCUT2D eigenvalue weighted by atomic mass is 10.5. The van der Waals surface area contributed by atoms with Crippen molar-refractivity contribution < 1.29 is 30.8 Å². The molecular formula is C4H7F3O4S. The molecule has 0 amide bonds. The molecule has 0 aromatic heterocycles. The van der Waals surface area contributed by atoms with Crippen LogP contribution in [-0.4, -0.2) is 20.5 Å². The zero-order valence-electron chi connectivity index (χ0n) is 6.09. The normalized spacial score (nSPS) is 13.3. The third kappa shape index (κ3) is 3.37. The molecule has 0 aromatic carbocycles. The van der Waals surface area contributed by atoms with E-state index in [1.165, 1.54) is 0 Å². The van der Waals surface area contributed by atoms with Crippen molar-refractivity contribution in [2.45, 2.75) is 18.9 Å². The Morgan fingerprint density at radius 1 is 1.33 bits per heavy atom. The summed E-state index contributed by atoms with van der Waals surface area (Å²) >= 11 is 0. The van der Waals surface area contributed by atoms with Crippen LogP contribution < -0.4 is 0 Å². The third-order valence-electron chi connectivity index (χ3n) is 0.709. The molecule has 0 atom stereocenters. The molecule has 0 spiro atoms. The maximum Gasteiger partial charge on any atom is 0.525 e. The average Bonchev–Trinajstić information content (AvgIpc) is 1.85. The van der Waals surface area contributed by atoms with E-state index in [9.17, 15) is 21.6 Å². The molecule has 0 bridgehead atoms. The van der Waals surface area contributed by atoms with Gasteiger partial charge in [0.15, 0.2) is 0 Å². The van der Waals surface area contributed by atoms with Crippen molar-refractivity contribution in [1.82, 2.24) is 0 Å². The number of hydrogen-bond donors (Lipinski definition) is 0. The molecule has 0 aromatic rings. The van der Waals surface area contributed by atoms with E-state index in [0.29, 0.717) is 6.42 Å². The Hall–Kier alpha value is -0.340. The molecule has 0 radical (unpaired) electrons. The molecule has 0 N–H and O–H groups in total. The van der Waals surface area contributed by atoms with Crippen molar-refractivity contribution in [3.8, 4) is 0 Å². The highest BCUT2D eigenvalue weighted by Crippen LogP contribution is 2.24. The topological polar surface area (TPSA) is 52.6 Å². The van der Waals surface area contributed by atoms with Crippen molar-refractivity contribution >= 4 is 10.1 Å².